The molecule has 0 saturated heterocycles. The zero-order chi connectivity index (χ0) is 12.7. The predicted octanol–water partition coefficient (Wildman–Crippen LogP) is 2.40. The molecule has 1 atom stereocenters. The van der Waals surface area contributed by atoms with Gasteiger partial charge in [0, 0.05) is 0 Å². The van der Waals surface area contributed by atoms with Gasteiger partial charge < -0.3 is 5.11 Å². The lowest BCUT2D eigenvalue weighted by Crippen LogP contribution is -2.20. The van der Waals surface area contributed by atoms with Crippen LogP contribution in [-0.2, 0) is 9.84 Å². The van der Waals surface area contributed by atoms with Crippen molar-refractivity contribution in [3.63, 3.8) is 0 Å². The molecule has 0 spiro atoms. The topological polar surface area (TPSA) is 54.4 Å². The Morgan fingerprint density at radius 2 is 1.82 bits per heavy atom. The number of aliphatic hydroxyl groups excluding tert-OH is 1. The summed E-state index contributed by atoms with van der Waals surface area (Å²) in [5.41, 5.74) is 0. The molecule has 0 amide bonds. The summed E-state index contributed by atoms with van der Waals surface area (Å²) in [4.78, 5) is 0.287. The molecule has 0 aliphatic carbocycles. The second-order valence-corrected chi connectivity index (χ2v) is 6.28. The van der Waals surface area contributed by atoms with Gasteiger partial charge in [0.15, 0.2) is 9.84 Å². The number of sulfone groups is 1. The van der Waals surface area contributed by atoms with Crippen molar-refractivity contribution in [2.24, 2.45) is 0 Å². The van der Waals surface area contributed by atoms with Crippen molar-refractivity contribution in [3.05, 3.63) is 30.3 Å². The molecule has 0 unspecified atom stereocenters. The molecule has 0 aliphatic rings. The first-order chi connectivity index (χ1) is 8.06. The predicted molar refractivity (Wildman–Crippen MR) is 68.6 cm³/mol. The highest BCUT2D eigenvalue weighted by Gasteiger charge is 2.18. The second-order valence-electron chi connectivity index (χ2n) is 4.24. The van der Waals surface area contributed by atoms with E-state index in [2.05, 4.69) is 6.92 Å². The molecule has 96 valence electrons. The van der Waals surface area contributed by atoms with Gasteiger partial charge in [-0.3, -0.25) is 0 Å². The lowest BCUT2D eigenvalue weighted by Gasteiger charge is -2.10. The highest BCUT2D eigenvalue weighted by Crippen LogP contribution is 2.13. The summed E-state index contributed by atoms with van der Waals surface area (Å²) in [7, 11) is -3.35. The average molecular weight is 256 g/mol. The zero-order valence-electron chi connectivity index (χ0n) is 10.2. The second kappa shape index (κ2) is 6.77. The molecule has 1 N–H and O–H groups in total. The summed E-state index contributed by atoms with van der Waals surface area (Å²) in [6, 6.07) is 8.28. The van der Waals surface area contributed by atoms with Gasteiger partial charge in [-0.2, -0.15) is 0 Å². The third-order valence-corrected chi connectivity index (χ3v) is 4.47. The average Bonchev–Trinajstić information content (AvgIpc) is 2.30. The fourth-order valence-electron chi connectivity index (χ4n) is 1.69. The van der Waals surface area contributed by atoms with Crippen LogP contribution in [0.2, 0.25) is 0 Å². The van der Waals surface area contributed by atoms with E-state index in [4.69, 9.17) is 0 Å². The first-order valence-corrected chi connectivity index (χ1v) is 7.67. The van der Waals surface area contributed by atoms with E-state index >= 15 is 0 Å². The molecule has 0 fully saturated rings. The van der Waals surface area contributed by atoms with E-state index in [0.717, 1.165) is 19.3 Å². The zero-order valence-corrected chi connectivity index (χ0v) is 11.0. The van der Waals surface area contributed by atoms with Gasteiger partial charge in [-0.1, -0.05) is 44.4 Å². The van der Waals surface area contributed by atoms with Crippen LogP contribution in [0.5, 0.6) is 0 Å². The van der Waals surface area contributed by atoms with Crippen LogP contribution in [0.3, 0.4) is 0 Å². The largest absolute Gasteiger partial charge is 0.392 e. The molecule has 0 aromatic heterocycles. The van der Waals surface area contributed by atoms with Crippen LogP contribution in [0.4, 0.5) is 0 Å². The number of unbranched alkanes of at least 4 members (excludes halogenated alkanes) is 2. The van der Waals surface area contributed by atoms with Crippen LogP contribution in [0, 0.1) is 0 Å². The fourth-order valence-corrected chi connectivity index (χ4v) is 3.13. The van der Waals surface area contributed by atoms with Crippen LogP contribution in [-0.4, -0.2) is 25.4 Å². The van der Waals surface area contributed by atoms with Crippen molar-refractivity contribution >= 4 is 9.84 Å². The normalized spacial score (nSPS) is 13.5. The van der Waals surface area contributed by atoms with E-state index in [9.17, 15) is 13.5 Å². The van der Waals surface area contributed by atoms with Gasteiger partial charge in [-0.05, 0) is 18.6 Å². The molecule has 0 aliphatic heterocycles. The highest BCUT2D eigenvalue weighted by atomic mass is 32.2. The van der Waals surface area contributed by atoms with Gasteiger partial charge in [0.1, 0.15) is 0 Å². The highest BCUT2D eigenvalue weighted by molar-refractivity contribution is 7.91. The number of aliphatic hydroxyl groups is 1. The Bertz CT molecular complexity index is 412. The van der Waals surface area contributed by atoms with E-state index in [1.165, 1.54) is 0 Å². The molecule has 1 rings (SSSR count). The summed E-state index contributed by atoms with van der Waals surface area (Å²) in [5, 5.41) is 9.69. The van der Waals surface area contributed by atoms with Crippen molar-refractivity contribution < 1.29 is 13.5 Å². The minimum atomic E-state index is -3.35. The molecule has 0 heterocycles. The van der Waals surface area contributed by atoms with Crippen molar-refractivity contribution in [2.75, 3.05) is 5.75 Å². The first kappa shape index (κ1) is 14.2. The Kier molecular flexibility index (Phi) is 5.65. The monoisotopic (exact) mass is 256 g/mol. The summed E-state index contributed by atoms with van der Waals surface area (Å²) in [5.74, 6) is -0.180. The van der Waals surface area contributed by atoms with Crippen LogP contribution in [0.25, 0.3) is 0 Å². The third kappa shape index (κ3) is 4.88. The number of benzene rings is 1. The number of hydrogen-bond donors (Lipinski definition) is 1. The molecule has 0 radical (unpaired) electrons. The lowest BCUT2D eigenvalue weighted by molar-refractivity contribution is 0.183. The molecular weight excluding hydrogens is 236 g/mol. The van der Waals surface area contributed by atoms with Gasteiger partial charge in [-0.15, -0.1) is 0 Å². The maximum Gasteiger partial charge on any atom is 0.180 e. The quantitative estimate of drug-likeness (QED) is 0.762. The van der Waals surface area contributed by atoms with Gasteiger partial charge >= 0.3 is 0 Å². The van der Waals surface area contributed by atoms with Gasteiger partial charge in [0.2, 0.25) is 0 Å². The van der Waals surface area contributed by atoms with Crippen LogP contribution < -0.4 is 0 Å². The Balaban J connectivity index is 2.55. The maximum absolute atomic E-state index is 11.9. The summed E-state index contributed by atoms with van der Waals surface area (Å²) < 4.78 is 23.8. The minimum Gasteiger partial charge on any atom is -0.392 e. The van der Waals surface area contributed by atoms with Gasteiger partial charge in [0.05, 0.1) is 16.8 Å². The molecule has 3 nitrogen and oxygen atoms in total. The molecule has 0 saturated carbocycles. The van der Waals surface area contributed by atoms with E-state index in [-0.39, 0.29) is 10.6 Å². The maximum atomic E-state index is 11.9. The van der Waals surface area contributed by atoms with E-state index in [1.54, 1.807) is 30.3 Å². The van der Waals surface area contributed by atoms with Crippen molar-refractivity contribution in [3.8, 4) is 0 Å². The Morgan fingerprint density at radius 3 is 2.41 bits per heavy atom. The number of hydrogen-bond acceptors (Lipinski definition) is 3. The van der Waals surface area contributed by atoms with Crippen molar-refractivity contribution in [1.82, 2.24) is 0 Å². The van der Waals surface area contributed by atoms with Gasteiger partial charge in [-0.25, -0.2) is 8.42 Å². The molecule has 0 bridgehead atoms. The lowest BCUT2D eigenvalue weighted by atomic mass is 10.1. The smallest absolute Gasteiger partial charge is 0.180 e. The standard InChI is InChI=1S/C13H20O3S/c1-2-3-5-8-12(14)11-17(15,16)13-9-6-4-7-10-13/h4,6-7,9-10,12,14H,2-3,5,8,11H2,1H3/t12-/m0/s1. The van der Waals surface area contributed by atoms with Crippen LogP contribution in [0.1, 0.15) is 32.6 Å². The molecule has 17 heavy (non-hydrogen) atoms. The van der Waals surface area contributed by atoms with Crippen LogP contribution >= 0.6 is 0 Å². The molecule has 4 heteroatoms. The molecule has 1 aromatic carbocycles. The Labute approximate surface area is 103 Å². The van der Waals surface area contributed by atoms with E-state index in [1.807, 2.05) is 0 Å². The molecule has 1 aromatic rings. The van der Waals surface area contributed by atoms with Crippen LogP contribution in [0.15, 0.2) is 35.2 Å². The van der Waals surface area contributed by atoms with Crippen molar-refractivity contribution in [1.29, 1.82) is 0 Å². The first-order valence-electron chi connectivity index (χ1n) is 6.02. The SMILES string of the molecule is CCCCC[C@H](O)CS(=O)(=O)c1ccccc1. The Hall–Kier alpha value is -0.870. The summed E-state index contributed by atoms with van der Waals surface area (Å²) >= 11 is 0. The molecular formula is C13H20O3S. The Morgan fingerprint density at radius 1 is 1.18 bits per heavy atom. The summed E-state index contributed by atoms with van der Waals surface area (Å²) in [6.07, 6.45) is 2.77. The third-order valence-electron chi connectivity index (χ3n) is 2.66. The van der Waals surface area contributed by atoms with Gasteiger partial charge in [0.25, 0.3) is 0 Å². The van der Waals surface area contributed by atoms with E-state index in [0.29, 0.717) is 6.42 Å². The summed E-state index contributed by atoms with van der Waals surface area (Å²) in [6.45, 7) is 2.08. The van der Waals surface area contributed by atoms with E-state index < -0.39 is 15.9 Å². The minimum absolute atomic E-state index is 0.180. The fraction of sp³-hybridized carbons (Fsp3) is 0.538. The van der Waals surface area contributed by atoms with Crippen molar-refractivity contribution in [2.45, 2.75) is 43.6 Å². The number of rotatable bonds is 7.